The molecule has 1 aromatic heterocycles. The lowest BCUT2D eigenvalue weighted by atomic mass is 9.98. The Morgan fingerprint density at radius 1 is 1.38 bits per heavy atom. The van der Waals surface area contributed by atoms with Crippen LogP contribution in [0.5, 0.6) is 0 Å². The molecule has 1 atom stereocenters. The van der Waals surface area contributed by atoms with Crippen LogP contribution in [-0.2, 0) is 0 Å². The largest absolute Gasteiger partial charge is 0.352 e. The van der Waals surface area contributed by atoms with Crippen molar-refractivity contribution in [2.75, 3.05) is 24.5 Å². The monoisotopic (exact) mass is 290 g/mol. The Kier molecular flexibility index (Phi) is 4.29. The van der Waals surface area contributed by atoms with Crippen molar-refractivity contribution in [2.45, 2.75) is 51.6 Å². The normalized spacial score (nSPS) is 22.8. The molecule has 0 spiro atoms. The molecule has 1 unspecified atom stereocenters. The smallest absolute Gasteiger partial charge is 0.293 e. The van der Waals surface area contributed by atoms with E-state index in [0.29, 0.717) is 11.7 Å². The van der Waals surface area contributed by atoms with Gasteiger partial charge in [-0.1, -0.05) is 0 Å². The molecule has 0 radical (unpaired) electrons. The highest BCUT2D eigenvalue weighted by Crippen LogP contribution is 2.22. The first kappa shape index (κ1) is 14.6. The van der Waals surface area contributed by atoms with Gasteiger partial charge in [-0.15, -0.1) is 0 Å². The molecular weight excluding hydrogens is 264 g/mol. The molecule has 0 amide bonds. The van der Waals surface area contributed by atoms with Gasteiger partial charge in [0.25, 0.3) is 5.56 Å². The minimum atomic E-state index is 0.0447. The zero-order valence-electron chi connectivity index (χ0n) is 13.1. The van der Waals surface area contributed by atoms with Gasteiger partial charge in [0.1, 0.15) is 0 Å². The molecular formula is C16H26N4O. The van der Waals surface area contributed by atoms with E-state index in [1.807, 2.05) is 13.8 Å². The van der Waals surface area contributed by atoms with E-state index in [1.54, 1.807) is 17.0 Å². The van der Waals surface area contributed by atoms with Crippen molar-refractivity contribution in [3.8, 4) is 0 Å². The molecule has 2 aliphatic rings. The Bertz CT molecular complexity index is 535. The highest BCUT2D eigenvalue weighted by molar-refractivity contribution is 5.36. The maximum atomic E-state index is 12.5. The fourth-order valence-corrected chi connectivity index (χ4v) is 3.08. The van der Waals surface area contributed by atoms with Crippen LogP contribution in [0.3, 0.4) is 0 Å². The van der Waals surface area contributed by atoms with Gasteiger partial charge < -0.3 is 14.8 Å². The Morgan fingerprint density at radius 3 is 2.90 bits per heavy atom. The van der Waals surface area contributed by atoms with E-state index < -0.39 is 0 Å². The summed E-state index contributed by atoms with van der Waals surface area (Å²) in [4.78, 5) is 19.1. The second-order valence-corrected chi connectivity index (χ2v) is 6.69. The highest BCUT2D eigenvalue weighted by Gasteiger charge is 2.26. The quantitative estimate of drug-likeness (QED) is 0.898. The van der Waals surface area contributed by atoms with Crippen molar-refractivity contribution in [1.29, 1.82) is 0 Å². The molecule has 1 N–H and O–H groups in total. The first-order valence-electron chi connectivity index (χ1n) is 8.20. The summed E-state index contributed by atoms with van der Waals surface area (Å²) < 4.78 is 1.77. The molecule has 1 aliphatic carbocycles. The first-order valence-corrected chi connectivity index (χ1v) is 8.20. The fraction of sp³-hybridized carbons (Fsp3) is 0.750. The number of nitrogens with zero attached hydrogens (tertiary/aromatic N) is 3. The van der Waals surface area contributed by atoms with E-state index in [9.17, 15) is 4.79 Å². The van der Waals surface area contributed by atoms with Crippen LogP contribution in [0.2, 0.25) is 0 Å². The lowest BCUT2D eigenvalue weighted by molar-refractivity contribution is 0.388. The third-order valence-corrected chi connectivity index (χ3v) is 4.50. The summed E-state index contributed by atoms with van der Waals surface area (Å²) in [6, 6.07) is 0.935. The molecule has 1 aromatic rings. The Morgan fingerprint density at radius 2 is 2.19 bits per heavy atom. The van der Waals surface area contributed by atoms with Gasteiger partial charge in [0.15, 0.2) is 5.82 Å². The average Bonchev–Trinajstić information content (AvgIpc) is 3.29. The standard InChI is InChI=1S/C16H26N4O/c1-12(2)20-9-7-17-15(16(20)21)19-8-3-4-13(11-19)10-18-14-5-6-14/h7,9,12-14,18H,3-6,8,10-11H2,1-2H3. The molecule has 3 rings (SSSR count). The number of rotatable bonds is 5. The average molecular weight is 290 g/mol. The lowest BCUT2D eigenvalue weighted by Crippen LogP contribution is -2.43. The molecule has 21 heavy (non-hydrogen) atoms. The van der Waals surface area contributed by atoms with E-state index in [0.717, 1.165) is 32.1 Å². The number of nitrogens with one attached hydrogen (secondary N) is 1. The molecule has 1 saturated heterocycles. The maximum Gasteiger partial charge on any atom is 0.293 e. The fourth-order valence-electron chi connectivity index (χ4n) is 3.08. The minimum Gasteiger partial charge on any atom is -0.352 e. The van der Waals surface area contributed by atoms with Gasteiger partial charge in [0.05, 0.1) is 0 Å². The van der Waals surface area contributed by atoms with Crippen LogP contribution in [0.25, 0.3) is 0 Å². The summed E-state index contributed by atoms with van der Waals surface area (Å²) >= 11 is 0. The number of aromatic nitrogens is 2. The lowest BCUT2D eigenvalue weighted by Gasteiger charge is -2.33. The molecule has 2 heterocycles. The van der Waals surface area contributed by atoms with E-state index in [1.165, 1.54) is 19.3 Å². The topological polar surface area (TPSA) is 50.2 Å². The zero-order valence-corrected chi connectivity index (χ0v) is 13.1. The number of piperidine rings is 1. The van der Waals surface area contributed by atoms with Crippen LogP contribution in [0, 0.1) is 5.92 Å². The van der Waals surface area contributed by atoms with Gasteiger partial charge in [0.2, 0.25) is 0 Å². The summed E-state index contributed by atoms with van der Waals surface area (Å²) in [6.45, 7) is 7.04. The van der Waals surface area contributed by atoms with Crippen LogP contribution in [0.15, 0.2) is 17.2 Å². The summed E-state index contributed by atoms with van der Waals surface area (Å²) in [5.74, 6) is 1.26. The molecule has 5 nitrogen and oxygen atoms in total. The Hall–Kier alpha value is -1.36. The zero-order chi connectivity index (χ0) is 14.8. The predicted molar refractivity (Wildman–Crippen MR) is 84.8 cm³/mol. The second-order valence-electron chi connectivity index (χ2n) is 6.69. The summed E-state index contributed by atoms with van der Waals surface area (Å²) in [7, 11) is 0. The molecule has 1 aliphatic heterocycles. The number of hydrogen-bond acceptors (Lipinski definition) is 4. The van der Waals surface area contributed by atoms with Crippen molar-refractivity contribution in [3.05, 3.63) is 22.7 Å². The highest BCUT2D eigenvalue weighted by atomic mass is 16.1. The third-order valence-electron chi connectivity index (χ3n) is 4.50. The molecule has 0 bridgehead atoms. The van der Waals surface area contributed by atoms with E-state index in [2.05, 4.69) is 15.2 Å². The van der Waals surface area contributed by atoms with Gasteiger partial charge in [-0.05, 0) is 52.0 Å². The Balaban J connectivity index is 1.70. The van der Waals surface area contributed by atoms with Crippen LogP contribution in [0.1, 0.15) is 45.6 Å². The molecule has 116 valence electrons. The Labute approximate surface area is 126 Å². The van der Waals surface area contributed by atoms with Gasteiger partial charge in [0, 0.05) is 37.6 Å². The van der Waals surface area contributed by atoms with Crippen molar-refractivity contribution in [2.24, 2.45) is 5.92 Å². The third kappa shape index (κ3) is 3.46. The van der Waals surface area contributed by atoms with E-state index in [-0.39, 0.29) is 11.6 Å². The van der Waals surface area contributed by atoms with Crippen LogP contribution in [0.4, 0.5) is 5.82 Å². The number of anilines is 1. The summed E-state index contributed by atoms with van der Waals surface area (Å²) in [6.07, 6.45) is 8.59. The van der Waals surface area contributed by atoms with Gasteiger partial charge in [-0.25, -0.2) is 4.98 Å². The SMILES string of the molecule is CC(C)n1ccnc(N2CCCC(CNC3CC3)C2)c1=O. The molecule has 0 aromatic carbocycles. The van der Waals surface area contributed by atoms with Gasteiger partial charge in [-0.3, -0.25) is 4.79 Å². The van der Waals surface area contributed by atoms with E-state index >= 15 is 0 Å². The first-order chi connectivity index (χ1) is 10.1. The van der Waals surface area contributed by atoms with Crippen molar-refractivity contribution >= 4 is 5.82 Å². The molecule has 2 fully saturated rings. The summed E-state index contributed by atoms with van der Waals surface area (Å²) in [5.41, 5.74) is 0.0447. The maximum absolute atomic E-state index is 12.5. The number of hydrogen-bond donors (Lipinski definition) is 1. The predicted octanol–water partition coefficient (Wildman–Crippen LogP) is 1.79. The molecule has 1 saturated carbocycles. The van der Waals surface area contributed by atoms with Gasteiger partial charge >= 0.3 is 0 Å². The van der Waals surface area contributed by atoms with E-state index in [4.69, 9.17) is 0 Å². The van der Waals surface area contributed by atoms with Gasteiger partial charge in [-0.2, -0.15) is 0 Å². The molecule has 5 heteroatoms. The van der Waals surface area contributed by atoms with Crippen molar-refractivity contribution < 1.29 is 0 Å². The van der Waals surface area contributed by atoms with Crippen LogP contribution < -0.4 is 15.8 Å². The van der Waals surface area contributed by atoms with Crippen molar-refractivity contribution in [1.82, 2.24) is 14.9 Å². The van der Waals surface area contributed by atoms with Crippen molar-refractivity contribution in [3.63, 3.8) is 0 Å². The minimum absolute atomic E-state index is 0.0447. The second kappa shape index (κ2) is 6.18. The summed E-state index contributed by atoms with van der Waals surface area (Å²) in [5, 5.41) is 3.61. The van der Waals surface area contributed by atoms with Crippen LogP contribution in [-0.4, -0.2) is 35.2 Å². The van der Waals surface area contributed by atoms with Crippen LogP contribution >= 0.6 is 0 Å².